The molecule has 1 nitrogen and oxygen atoms in total. The lowest BCUT2D eigenvalue weighted by Gasteiger charge is -1.99. The summed E-state index contributed by atoms with van der Waals surface area (Å²) in [5.41, 5.74) is 2.55. The molecule has 1 aromatic rings. The third-order valence-electron chi connectivity index (χ3n) is 2.02. The van der Waals surface area contributed by atoms with Crippen molar-refractivity contribution >= 4 is 6.08 Å². The summed E-state index contributed by atoms with van der Waals surface area (Å²) in [6.45, 7) is 0. The van der Waals surface area contributed by atoms with E-state index in [2.05, 4.69) is 23.2 Å². The van der Waals surface area contributed by atoms with Crippen LogP contribution in [0.5, 0.6) is 0 Å². The number of hydrogen-bond donors (Lipinski definition) is 0. The first-order valence-electron chi connectivity index (χ1n) is 4.07. The second-order valence-electron chi connectivity index (χ2n) is 2.84. The Labute approximate surface area is 66.8 Å². The highest BCUT2D eigenvalue weighted by Crippen LogP contribution is 2.15. The van der Waals surface area contributed by atoms with Gasteiger partial charge in [0.2, 0.25) is 0 Å². The zero-order chi connectivity index (χ0) is 7.52. The summed E-state index contributed by atoms with van der Waals surface area (Å²) in [5, 5.41) is 0. The van der Waals surface area contributed by atoms with Gasteiger partial charge in [0.15, 0.2) is 0 Å². The van der Waals surface area contributed by atoms with E-state index in [1.807, 2.05) is 12.3 Å². The molecular weight excluding hydrogens is 134 g/mol. The number of fused-ring (bicyclic) bond motifs is 1. The van der Waals surface area contributed by atoms with E-state index in [1.54, 1.807) is 0 Å². The third-order valence-corrected chi connectivity index (χ3v) is 2.02. The Morgan fingerprint density at radius 3 is 3.36 bits per heavy atom. The molecule has 0 aromatic carbocycles. The first kappa shape index (κ1) is 6.59. The minimum Gasteiger partial charge on any atom is -0.257 e. The Hall–Kier alpha value is -1.11. The van der Waals surface area contributed by atoms with Crippen LogP contribution in [0.4, 0.5) is 0 Å². The first-order valence-corrected chi connectivity index (χ1v) is 4.07. The van der Waals surface area contributed by atoms with Crippen LogP contribution in [-0.2, 0) is 6.42 Å². The summed E-state index contributed by atoms with van der Waals surface area (Å²) < 4.78 is 0. The van der Waals surface area contributed by atoms with Gasteiger partial charge in [-0.25, -0.2) is 0 Å². The van der Waals surface area contributed by atoms with E-state index in [0.29, 0.717) is 0 Å². The molecule has 2 rings (SSSR count). The molecule has 11 heavy (non-hydrogen) atoms. The molecule has 0 bridgehead atoms. The van der Waals surface area contributed by atoms with E-state index < -0.39 is 0 Å². The average Bonchev–Trinajstić information content (AvgIpc) is 2.28. The maximum Gasteiger partial charge on any atom is 0.0658 e. The predicted molar refractivity (Wildman–Crippen MR) is 46.2 cm³/mol. The van der Waals surface area contributed by atoms with Crippen LogP contribution >= 0.6 is 0 Å². The molecule has 1 aliphatic rings. The van der Waals surface area contributed by atoms with E-state index in [4.69, 9.17) is 0 Å². The van der Waals surface area contributed by atoms with E-state index in [0.717, 1.165) is 5.69 Å². The number of pyridine rings is 1. The highest BCUT2D eigenvalue weighted by Gasteiger charge is 2.01. The van der Waals surface area contributed by atoms with E-state index in [9.17, 15) is 0 Å². The monoisotopic (exact) mass is 145 g/mol. The fraction of sp³-hybridized carbons (Fsp3) is 0.300. The van der Waals surface area contributed by atoms with Gasteiger partial charge < -0.3 is 0 Å². The lowest BCUT2D eigenvalue weighted by molar-refractivity contribution is 0.848. The van der Waals surface area contributed by atoms with Crippen molar-refractivity contribution in [2.75, 3.05) is 0 Å². The van der Waals surface area contributed by atoms with Crippen molar-refractivity contribution in [2.24, 2.45) is 0 Å². The van der Waals surface area contributed by atoms with Crippen LogP contribution < -0.4 is 0 Å². The Bertz CT molecular complexity index is 276. The van der Waals surface area contributed by atoms with Crippen molar-refractivity contribution in [1.82, 2.24) is 4.98 Å². The second kappa shape index (κ2) is 2.87. The molecule has 1 aliphatic carbocycles. The number of allylic oxidation sites excluding steroid dienone is 1. The number of nitrogens with zero attached hydrogens (tertiary/aromatic N) is 1. The van der Waals surface area contributed by atoms with Gasteiger partial charge in [-0.2, -0.15) is 0 Å². The highest BCUT2D eigenvalue weighted by molar-refractivity contribution is 5.49. The van der Waals surface area contributed by atoms with Gasteiger partial charge in [-0.3, -0.25) is 4.98 Å². The number of aryl methyl sites for hydroxylation is 1. The van der Waals surface area contributed by atoms with E-state index >= 15 is 0 Å². The largest absolute Gasteiger partial charge is 0.257 e. The van der Waals surface area contributed by atoms with Crippen molar-refractivity contribution in [3.8, 4) is 0 Å². The molecular formula is C10H11N. The van der Waals surface area contributed by atoms with Gasteiger partial charge in [0.1, 0.15) is 0 Å². The summed E-state index contributed by atoms with van der Waals surface area (Å²) in [6.07, 6.45) is 9.82. The number of hydrogen-bond acceptors (Lipinski definition) is 1. The average molecular weight is 145 g/mol. The van der Waals surface area contributed by atoms with Crippen molar-refractivity contribution in [3.63, 3.8) is 0 Å². The summed E-state index contributed by atoms with van der Waals surface area (Å²) in [6, 6.07) is 4.18. The van der Waals surface area contributed by atoms with Gasteiger partial charge in [0.05, 0.1) is 5.69 Å². The molecule has 1 heteroatoms. The third kappa shape index (κ3) is 1.32. The molecule has 1 aromatic heterocycles. The zero-order valence-electron chi connectivity index (χ0n) is 6.46. The topological polar surface area (TPSA) is 12.9 Å². The summed E-state index contributed by atoms with van der Waals surface area (Å²) in [5.74, 6) is 0. The molecule has 0 saturated carbocycles. The zero-order valence-corrected chi connectivity index (χ0v) is 6.46. The normalized spacial score (nSPS) is 15.6. The minimum absolute atomic E-state index is 1.16. The SMILES string of the molecule is C1=Cc2ncccc2CCC1. The molecule has 0 radical (unpaired) electrons. The molecule has 0 spiro atoms. The molecule has 0 unspecified atom stereocenters. The Kier molecular flexibility index (Phi) is 1.72. The molecule has 0 amide bonds. The van der Waals surface area contributed by atoms with Crippen molar-refractivity contribution in [2.45, 2.75) is 19.3 Å². The van der Waals surface area contributed by atoms with Crippen LogP contribution in [0.15, 0.2) is 24.4 Å². The van der Waals surface area contributed by atoms with Crippen LogP contribution in [0.3, 0.4) is 0 Å². The molecule has 0 atom stereocenters. The van der Waals surface area contributed by atoms with Crippen molar-refractivity contribution in [1.29, 1.82) is 0 Å². The van der Waals surface area contributed by atoms with Crippen LogP contribution in [0.25, 0.3) is 6.08 Å². The fourth-order valence-corrected chi connectivity index (χ4v) is 1.42. The maximum absolute atomic E-state index is 4.29. The predicted octanol–water partition coefficient (Wildman–Crippen LogP) is 2.43. The molecule has 0 fully saturated rings. The minimum atomic E-state index is 1.16. The van der Waals surface area contributed by atoms with Crippen molar-refractivity contribution < 1.29 is 0 Å². The van der Waals surface area contributed by atoms with Gasteiger partial charge in [0.25, 0.3) is 0 Å². The van der Waals surface area contributed by atoms with Crippen molar-refractivity contribution in [3.05, 3.63) is 35.7 Å². The lowest BCUT2D eigenvalue weighted by Crippen LogP contribution is -1.89. The Morgan fingerprint density at radius 1 is 1.36 bits per heavy atom. The smallest absolute Gasteiger partial charge is 0.0658 e. The van der Waals surface area contributed by atoms with Gasteiger partial charge in [0, 0.05) is 6.20 Å². The summed E-state index contributed by atoms with van der Waals surface area (Å²) >= 11 is 0. The van der Waals surface area contributed by atoms with Crippen LogP contribution in [0, 0.1) is 0 Å². The Morgan fingerprint density at radius 2 is 2.36 bits per heavy atom. The molecule has 0 aliphatic heterocycles. The fourth-order valence-electron chi connectivity index (χ4n) is 1.42. The van der Waals surface area contributed by atoms with Gasteiger partial charge in [-0.05, 0) is 37.0 Å². The first-order chi connectivity index (χ1) is 5.47. The Balaban J connectivity index is 2.45. The van der Waals surface area contributed by atoms with Gasteiger partial charge in [-0.15, -0.1) is 0 Å². The van der Waals surface area contributed by atoms with E-state index in [1.165, 1.54) is 24.8 Å². The van der Waals surface area contributed by atoms with E-state index in [-0.39, 0.29) is 0 Å². The summed E-state index contributed by atoms with van der Waals surface area (Å²) in [4.78, 5) is 4.29. The van der Waals surface area contributed by atoms with Crippen LogP contribution in [0.1, 0.15) is 24.1 Å². The molecule has 0 saturated heterocycles. The van der Waals surface area contributed by atoms with Gasteiger partial charge >= 0.3 is 0 Å². The maximum atomic E-state index is 4.29. The van der Waals surface area contributed by atoms with Gasteiger partial charge in [-0.1, -0.05) is 12.1 Å². The summed E-state index contributed by atoms with van der Waals surface area (Å²) in [7, 11) is 0. The number of aromatic nitrogens is 1. The quantitative estimate of drug-likeness (QED) is 0.546. The highest BCUT2D eigenvalue weighted by atomic mass is 14.7. The molecule has 1 heterocycles. The molecule has 56 valence electrons. The van der Waals surface area contributed by atoms with Crippen LogP contribution in [-0.4, -0.2) is 4.98 Å². The standard InChI is InChI=1S/C10H11N/c1-2-5-9-6-4-8-11-10(9)7-3-1/h3-4,6-8H,1-2,5H2. The second-order valence-corrected chi connectivity index (χ2v) is 2.84. The number of rotatable bonds is 0. The molecule has 0 N–H and O–H groups in total. The van der Waals surface area contributed by atoms with Crippen LogP contribution in [0.2, 0.25) is 0 Å². The lowest BCUT2D eigenvalue weighted by atomic mass is 10.1.